The van der Waals surface area contributed by atoms with E-state index in [0.717, 1.165) is 28.0 Å². The van der Waals surface area contributed by atoms with Crippen molar-refractivity contribution in [1.82, 2.24) is 0 Å². The summed E-state index contributed by atoms with van der Waals surface area (Å²) in [5.74, 6) is 0.809. The second-order valence-corrected chi connectivity index (χ2v) is 7.21. The fourth-order valence-electron chi connectivity index (χ4n) is 3.03. The van der Waals surface area contributed by atoms with Crippen molar-refractivity contribution in [2.75, 3.05) is 6.54 Å². The molecule has 2 nitrogen and oxygen atoms in total. The van der Waals surface area contributed by atoms with Gasteiger partial charge in [-0.05, 0) is 43.7 Å². The normalized spacial score (nSPS) is 30.3. The molecule has 0 bridgehead atoms. The van der Waals surface area contributed by atoms with Gasteiger partial charge in [-0.2, -0.15) is 0 Å². The highest BCUT2D eigenvalue weighted by Gasteiger charge is 2.41. The van der Waals surface area contributed by atoms with E-state index in [2.05, 4.69) is 6.92 Å². The lowest BCUT2D eigenvalue weighted by atomic mass is 9.66. The van der Waals surface area contributed by atoms with Gasteiger partial charge in [0.15, 0.2) is 0 Å². The van der Waals surface area contributed by atoms with E-state index in [4.69, 9.17) is 17.3 Å². The van der Waals surface area contributed by atoms with E-state index in [1.807, 2.05) is 12.1 Å². The molecule has 3 N–H and O–H groups in total. The van der Waals surface area contributed by atoms with E-state index in [1.165, 1.54) is 30.6 Å². The molecule has 1 fully saturated rings. The third-order valence-electron chi connectivity index (χ3n) is 4.53. The van der Waals surface area contributed by atoms with Crippen LogP contribution in [0.5, 0.6) is 0 Å². The summed E-state index contributed by atoms with van der Waals surface area (Å²) in [6.07, 6.45) is 5.20. The Bertz CT molecular complexity index is 385. The number of aliphatic hydroxyl groups excluding tert-OH is 1. The molecule has 18 heavy (non-hydrogen) atoms. The van der Waals surface area contributed by atoms with Crippen LogP contribution < -0.4 is 5.73 Å². The van der Waals surface area contributed by atoms with Gasteiger partial charge in [0.05, 0.1) is 10.4 Å². The quantitative estimate of drug-likeness (QED) is 0.880. The summed E-state index contributed by atoms with van der Waals surface area (Å²) in [4.78, 5) is 0.959. The molecule has 0 aromatic carbocycles. The maximum absolute atomic E-state index is 10.6. The minimum atomic E-state index is -0.460. The van der Waals surface area contributed by atoms with Gasteiger partial charge in [-0.15, -0.1) is 11.3 Å². The Hall–Kier alpha value is -0.0900. The van der Waals surface area contributed by atoms with Gasteiger partial charge in [-0.25, -0.2) is 0 Å². The average Bonchev–Trinajstić information content (AvgIpc) is 2.84. The van der Waals surface area contributed by atoms with Crippen LogP contribution >= 0.6 is 22.9 Å². The van der Waals surface area contributed by atoms with Crippen molar-refractivity contribution in [3.05, 3.63) is 21.3 Å². The van der Waals surface area contributed by atoms with Gasteiger partial charge >= 0.3 is 0 Å². The van der Waals surface area contributed by atoms with Crippen molar-refractivity contribution in [3.8, 4) is 0 Å². The number of halogens is 1. The van der Waals surface area contributed by atoms with E-state index in [9.17, 15) is 5.11 Å². The summed E-state index contributed by atoms with van der Waals surface area (Å²) in [6, 6.07) is 3.79. The van der Waals surface area contributed by atoms with Gasteiger partial charge in [0, 0.05) is 16.8 Å². The lowest BCUT2D eigenvalue weighted by Crippen LogP contribution is -2.39. The van der Waals surface area contributed by atoms with Gasteiger partial charge in [-0.1, -0.05) is 24.9 Å². The predicted octanol–water partition coefficient (Wildman–Crippen LogP) is 3.98. The van der Waals surface area contributed by atoms with Gasteiger partial charge in [0.2, 0.25) is 0 Å². The Morgan fingerprint density at radius 2 is 2.17 bits per heavy atom. The fraction of sp³-hybridized carbons (Fsp3) is 0.714. The molecule has 0 aliphatic heterocycles. The average molecular weight is 288 g/mol. The molecule has 1 aliphatic carbocycles. The van der Waals surface area contributed by atoms with Crippen molar-refractivity contribution < 1.29 is 5.11 Å². The molecule has 0 spiro atoms. The number of hydrogen-bond donors (Lipinski definition) is 2. The molecule has 1 saturated carbocycles. The standard InChI is InChI=1S/C14H22ClNOS/c1-2-10-5-7-14(9-16,8-6-10)13(17)11-3-4-12(15)18-11/h3-4,10,13,17H,2,5-9,16H2,1H3. The van der Waals surface area contributed by atoms with Crippen LogP contribution in [-0.2, 0) is 0 Å². The van der Waals surface area contributed by atoms with Crippen molar-refractivity contribution in [2.45, 2.75) is 45.1 Å². The maximum Gasteiger partial charge on any atom is 0.0950 e. The van der Waals surface area contributed by atoms with Crippen LogP contribution in [0, 0.1) is 11.3 Å². The third-order valence-corrected chi connectivity index (χ3v) is 5.81. The zero-order valence-corrected chi connectivity index (χ0v) is 12.4. The lowest BCUT2D eigenvalue weighted by molar-refractivity contribution is -0.00805. The summed E-state index contributed by atoms with van der Waals surface area (Å²) >= 11 is 7.42. The third kappa shape index (κ3) is 2.74. The highest BCUT2D eigenvalue weighted by molar-refractivity contribution is 7.16. The predicted molar refractivity (Wildman–Crippen MR) is 78.0 cm³/mol. The Labute approximate surface area is 118 Å². The monoisotopic (exact) mass is 287 g/mol. The highest BCUT2D eigenvalue weighted by Crippen LogP contribution is 2.48. The molecular formula is C14H22ClNOS. The smallest absolute Gasteiger partial charge is 0.0950 e. The molecule has 1 unspecified atom stereocenters. The highest BCUT2D eigenvalue weighted by atomic mass is 35.5. The van der Waals surface area contributed by atoms with E-state index in [1.54, 1.807) is 0 Å². The van der Waals surface area contributed by atoms with Crippen LogP contribution in [-0.4, -0.2) is 11.7 Å². The zero-order valence-electron chi connectivity index (χ0n) is 10.9. The molecule has 102 valence electrons. The number of nitrogens with two attached hydrogens (primary N) is 1. The minimum Gasteiger partial charge on any atom is -0.387 e. The van der Waals surface area contributed by atoms with Crippen molar-refractivity contribution in [3.63, 3.8) is 0 Å². The van der Waals surface area contributed by atoms with Crippen LogP contribution in [0.4, 0.5) is 0 Å². The van der Waals surface area contributed by atoms with Crippen LogP contribution in [0.2, 0.25) is 4.34 Å². The van der Waals surface area contributed by atoms with E-state index in [-0.39, 0.29) is 5.41 Å². The molecule has 1 aromatic heterocycles. The minimum absolute atomic E-state index is 0.139. The second kappa shape index (κ2) is 5.91. The molecular weight excluding hydrogens is 266 g/mol. The first-order valence-electron chi connectivity index (χ1n) is 6.74. The molecule has 1 aliphatic rings. The molecule has 0 radical (unpaired) electrons. The van der Waals surface area contributed by atoms with Crippen LogP contribution in [0.25, 0.3) is 0 Å². The molecule has 0 saturated heterocycles. The first-order chi connectivity index (χ1) is 8.61. The number of hydrogen-bond acceptors (Lipinski definition) is 3. The number of rotatable bonds is 4. The summed E-state index contributed by atoms with van der Waals surface area (Å²) in [5.41, 5.74) is 5.84. The van der Waals surface area contributed by atoms with Crippen LogP contribution in [0.15, 0.2) is 12.1 Å². The molecule has 1 heterocycles. The molecule has 0 amide bonds. The van der Waals surface area contributed by atoms with Gasteiger partial charge < -0.3 is 10.8 Å². The number of aliphatic hydroxyl groups is 1. The molecule has 4 heteroatoms. The van der Waals surface area contributed by atoms with E-state index < -0.39 is 6.10 Å². The van der Waals surface area contributed by atoms with E-state index >= 15 is 0 Å². The van der Waals surface area contributed by atoms with Crippen molar-refractivity contribution in [2.24, 2.45) is 17.1 Å². The summed E-state index contributed by atoms with van der Waals surface area (Å²) < 4.78 is 0.735. The Morgan fingerprint density at radius 1 is 1.50 bits per heavy atom. The van der Waals surface area contributed by atoms with Crippen molar-refractivity contribution >= 4 is 22.9 Å². The van der Waals surface area contributed by atoms with Crippen molar-refractivity contribution in [1.29, 1.82) is 0 Å². The Kier molecular flexibility index (Phi) is 4.70. The molecule has 1 aromatic rings. The first kappa shape index (κ1) is 14.3. The fourth-order valence-corrected chi connectivity index (χ4v) is 4.22. The SMILES string of the molecule is CCC1CCC(CN)(C(O)c2ccc(Cl)s2)CC1. The van der Waals surface area contributed by atoms with E-state index in [0.29, 0.717) is 6.54 Å². The molecule has 1 atom stereocenters. The largest absolute Gasteiger partial charge is 0.387 e. The Morgan fingerprint density at radius 3 is 2.61 bits per heavy atom. The zero-order chi connectivity index (χ0) is 13.2. The topological polar surface area (TPSA) is 46.2 Å². The maximum atomic E-state index is 10.6. The Balaban J connectivity index is 2.13. The van der Waals surface area contributed by atoms with Gasteiger partial charge in [0.1, 0.15) is 0 Å². The summed E-state index contributed by atoms with van der Waals surface area (Å²) in [6.45, 7) is 2.80. The molecule has 2 rings (SSSR count). The van der Waals surface area contributed by atoms with Crippen LogP contribution in [0.3, 0.4) is 0 Å². The second-order valence-electron chi connectivity index (χ2n) is 5.46. The van der Waals surface area contributed by atoms with Gasteiger partial charge in [-0.3, -0.25) is 0 Å². The number of thiophene rings is 1. The van der Waals surface area contributed by atoms with Crippen LogP contribution in [0.1, 0.15) is 50.0 Å². The first-order valence-corrected chi connectivity index (χ1v) is 7.94. The lowest BCUT2D eigenvalue weighted by Gasteiger charge is -2.42. The van der Waals surface area contributed by atoms with Gasteiger partial charge in [0.25, 0.3) is 0 Å². The summed E-state index contributed by atoms with van der Waals surface area (Å²) in [5, 5.41) is 10.6. The summed E-state index contributed by atoms with van der Waals surface area (Å²) in [7, 11) is 0.